The zero-order chi connectivity index (χ0) is 57.6. The van der Waals surface area contributed by atoms with E-state index in [1.165, 1.54) is 12.1 Å². The van der Waals surface area contributed by atoms with E-state index in [0.717, 1.165) is 12.1 Å². The molecule has 398 valence electrons. The molecule has 0 radical (unpaired) electrons. The number of H-pyrrole nitrogens is 2. The highest BCUT2D eigenvalue weighted by atomic mass is 19.2. The van der Waals surface area contributed by atoms with Crippen LogP contribution in [0.15, 0.2) is 36.4 Å². The number of benzene rings is 5. The Balaban J connectivity index is 1.50. The second-order valence-electron chi connectivity index (χ2n) is 16.9. The highest BCUT2D eigenvalue weighted by Crippen LogP contribution is 2.51. The fourth-order valence-electron chi connectivity index (χ4n) is 9.14. The molecule has 2 aliphatic rings. The number of halogens is 20. The van der Waals surface area contributed by atoms with Crippen molar-refractivity contribution in [3.63, 3.8) is 0 Å². The summed E-state index contributed by atoms with van der Waals surface area (Å²) < 4.78 is 312. The van der Waals surface area contributed by atoms with Crippen molar-refractivity contribution in [2.24, 2.45) is 0 Å². The topological polar surface area (TPSA) is 131 Å². The van der Waals surface area contributed by atoms with E-state index in [1.54, 1.807) is 0 Å². The molecule has 2 N–H and O–H groups in total. The predicted molar refractivity (Wildman–Crippen MR) is 238 cm³/mol. The van der Waals surface area contributed by atoms with E-state index >= 15 is 70.2 Å². The average molecular weight is 1130 g/mol. The number of aromatic amines is 2. The molecule has 0 aliphatic carbocycles. The lowest BCUT2D eigenvalue weighted by Gasteiger charge is -2.12. The number of rotatable bonds is 4. The Morgan fingerprint density at radius 3 is 0.787 bits per heavy atom. The first kappa shape index (κ1) is 52.0. The van der Waals surface area contributed by atoms with Crippen LogP contribution >= 0.6 is 0 Å². The molecule has 0 saturated heterocycles. The third kappa shape index (κ3) is 7.23. The van der Waals surface area contributed by atoms with Gasteiger partial charge in [0.1, 0.15) is 12.1 Å². The van der Waals surface area contributed by atoms with Gasteiger partial charge < -0.3 is 9.97 Å². The van der Waals surface area contributed by atoms with Gasteiger partial charge in [0.05, 0.1) is 56.1 Å². The molecule has 28 heteroatoms. The zero-order valence-corrected chi connectivity index (χ0v) is 37.9. The predicted octanol–water partition coefficient (Wildman–Crippen LogP) is 15.0. The van der Waals surface area contributed by atoms with Crippen LogP contribution in [-0.4, -0.2) is 29.9 Å². The van der Waals surface area contributed by atoms with Gasteiger partial charge in [0.2, 0.25) is 23.3 Å². The third-order valence-electron chi connectivity index (χ3n) is 12.7. The van der Waals surface area contributed by atoms with Crippen LogP contribution in [0, 0.1) is 139 Å². The lowest BCUT2D eigenvalue weighted by atomic mass is 9.93. The minimum atomic E-state index is -2.80. The summed E-state index contributed by atoms with van der Waals surface area (Å²) in [5.41, 5.74) is -26.5. The van der Waals surface area contributed by atoms with E-state index in [0.29, 0.717) is 36.4 Å². The Kier molecular flexibility index (Phi) is 11.9. The van der Waals surface area contributed by atoms with Gasteiger partial charge in [-0.2, -0.15) is 10.5 Å². The summed E-state index contributed by atoms with van der Waals surface area (Å²) in [6.45, 7) is 0. The Morgan fingerprint density at radius 1 is 0.287 bits per heavy atom. The first-order chi connectivity index (χ1) is 37.9. The van der Waals surface area contributed by atoms with Gasteiger partial charge in [-0.05, 0) is 48.6 Å². The summed E-state index contributed by atoms with van der Waals surface area (Å²) in [6.07, 6.45) is 1.13. The van der Waals surface area contributed by atoms with Crippen LogP contribution in [0.25, 0.3) is 112 Å². The first-order valence-corrected chi connectivity index (χ1v) is 21.7. The highest BCUT2D eigenvalue weighted by Gasteiger charge is 2.37. The van der Waals surface area contributed by atoms with Crippen molar-refractivity contribution >= 4 is 45.3 Å². The average Bonchev–Trinajstić information content (AvgIpc) is 4.40. The van der Waals surface area contributed by atoms with Crippen molar-refractivity contribution < 1.29 is 87.8 Å². The van der Waals surface area contributed by atoms with Crippen molar-refractivity contribution in [3.8, 4) is 79.2 Å². The molecule has 9 aromatic rings. The first-order valence-electron chi connectivity index (χ1n) is 21.7. The molecular weight excluding hydrogens is 1120 g/mol. The fraction of sp³-hybridized carbons (Fsp3) is 0. The van der Waals surface area contributed by atoms with Crippen molar-refractivity contribution in [3.05, 3.63) is 176 Å². The molecule has 0 saturated carbocycles. The number of hydrogen-bond acceptors (Lipinski definition) is 6. The number of nitrogens with zero attached hydrogens (tertiary/aromatic N) is 6. The second-order valence-corrected chi connectivity index (χ2v) is 16.9. The number of nitrogens with one attached hydrogen (secondary N) is 2. The van der Waals surface area contributed by atoms with E-state index in [9.17, 15) is 28.1 Å². The minimum Gasteiger partial charge on any atom is -0.354 e. The Labute approximate surface area is 427 Å². The number of nitriles is 2. The van der Waals surface area contributed by atoms with Crippen LogP contribution in [0.2, 0.25) is 0 Å². The quantitative estimate of drug-likeness (QED) is 0.103. The van der Waals surface area contributed by atoms with E-state index in [4.69, 9.17) is 0 Å². The maximum atomic E-state index is 16.5. The molecular formula is C52H10F20N8. The van der Waals surface area contributed by atoms with Crippen molar-refractivity contribution in [2.45, 2.75) is 0 Å². The molecule has 8 nitrogen and oxygen atoms in total. The Morgan fingerprint density at radius 2 is 0.525 bits per heavy atom. The van der Waals surface area contributed by atoms with Crippen LogP contribution in [0.3, 0.4) is 0 Å². The molecule has 0 spiro atoms. The molecule has 0 amide bonds. The van der Waals surface area contributed by atoms with Gasteiger partial charge in [0.15, 0.2) is 104 Å². The van der Waals surface area contributed by atoms with E-state index in [2.05, 4.69) is 29.9 Å². The van der Waals surface area contributed by atoms with Gasteiger partial charge in [0.25, 0.3) is 0 Å². The largest absolute Gasteiger partial charge is 0.354 e. The molecule has 0 unspecified atom stereocenters. The maximum absolute atomic E-state index is 16.5. The summed E-state index contributed by atoms with van der Waals surface area (Å²) in [6, 6.07) is 6.83. The summed E-state index contributed by atoms with van der Waals surface area (Å²) in [7, 11) is 0. The lowest BCUT2D eigenvalue weighted by Crippen LogP contribution is -2.06. The van der Waals surface area contributed by atoms with Gasteiger partial charge >= 0.3 is 0 Å². The standard InChI is InChI=1S/C52H10F20N8/c53-31-27(32(54)40(62)47(69)39(31)61)23-13-1-2-14(75-13)24(28-33(55)41(63)48(70)42(64)34(28)56)16-4-6-18(77-16)26(30-37(59)45(67)50(72)46(68)38(30)60)52-12-8-20-19(78-21(9-73)22(10-74)79-20)7-11(12)51(80-52)25(17-5-3-15(23)76-17)29-35(57)43(65)49(71)44(66)36(29)58/h1-8,76-77H. The van der Waals surface area contributed by atoms with Gasteiger partial charge in [0, 0.05) is 55.4 Å². The lowest BCUT2D eigenvalue weighted by molar-refractivity contribution is 0.381. The van der Waals surface area contributed by atoms with E-state index in [-0.39, 0.29) is 0 Å². The molecule has 2 aliphatic heterocycles. The zero-order valence-electron chi connectivity index (χ0n) is 37.9. The van der Waals surface area contributed by atoms with Gasteiger partial charge in [-0.3, -0.25) is 0 Å². The molecule has 8 bridgehead atoms. The molecule has 4 aromatic heterocycles. The molecule has 6 heterocycles. The van der Waals surface area contributed by atoms with Gasteiger partial charge in [-0.25, -0.2) is 108 Å². The number of fused-ring (bicyclic) bond motifs is 12. The van der Waals surface area contributed by atoms with Gasteiger partial charge in [-0.1, -0.05) is 0 Å². The molecule has 80 heavy (non-hydrogen) atoms. The number of hydrogen-bond donors (Lipinski definition) is 2. The minimum absolute atomic E-state index is 0.551. The molecule has 0 atom stereocenters. The SMILES string of the molecule is N#Cc1nc2cc3c(cc2nc1C#N)-c1nc-3c(-c2c(F)c(F)c(F)c(F)c2F)c2ccc([nH]2)c(-c2c(F)c(F)c(F)c(F)c2F)c2nc(c(-c3c(F)c(F)c(F)c(F)c3F)c3ccc([nH]3)c1-c1c(F)c(F)c(F)c(F)c1F)C=C2. The summed E-state index contributed by atoms with van der Waals surface area (Å²) in [5, 5.41) is 19.6. The molecule has 5 aromatic carbocycles. The summed E-state index contributed by atoms with van der Waals surface area (Å²) >= 11 is 0. The normalized spacial score (nSPS) is 11.9. The van der Waals surface area contributed by atoms with Crippen LogP contribution in [0.4, 0.5) is 87.8 Å². The van der Waals surface area contributed by atoms with Crippen LogP contribution in [0.1, 0.15) is 22.8 Å². The molecule has 0 fully saturated rings. The van der Waals surface area contributed by atoms with Crippen molar-refractivity contribution in [1.29, 1.82) is 10.5 Å². The second kappa shape index (κ2) is 18.2. The molecule has 11 rings (SSSR count). The summed E-state index contributed by atoms with van der Waals surface area (Å²) in [5.74, 6) is -54.2. The Bertz CT molecular complexity index is 4300. The van der Waals surface area contributed by atoms with Crippen molar-refractivity contribution in [1.82, 2.24) is 29.9 Å². The van der Waals surface area contributed by atoms with Crippen LogP contribution in [0.5, 0.6) is 0 Å². The third-order valence-corrected chi connectivity index (χ3v) is 12.7. The maximum Gasteiger partial charge on any atom is 0.200 e. The smallest absolute Gasteiger partial charge is 0.200 e. The van der Waals surface area contributed by atoms with E-state index in [1.807, 2.05) is 0 Å². The Hall–Kier alpha value is -10.1. The number of aromatic nitrogens is 6. The van der Waals surface area contributed by atoms with Gasteiger partial charge in [-0.15, -0.1) is 0 Å². The summed E-state index contributed by atoms with van der Waals surface area (Å²) in [4.78, 5) is 20.7. The van der Waals surface area contributed by atoms with Crippen LogP contribution < -0.4 is 0 Å². The fourth-order valence-corrected chi connectivity index (χ4v) is 9.14. The monoisotopic (exact) mass is 1130 g/mol. The van der Waals surface area contributed by atoms with Crippen LogP contribution in [-0.2, 0) is 0 Å². The van der Waals surface area contributed by atoms with Crippen molar-refractivity contribution in [2.75, 3.05) is 0 Å². The van der Waals surface area contributed by atoms with E-state index < -0.39 is 239 Å². The highest BCUT2D eigenvalue weighted by molar-refractivity contribution is 6.08.